The molecule has 0 unspecified atom stereocenters. The highest BCUT2D eigenvalue weighted by Crippen LogP contribution is 2.25. The number of amides is 2. The molecule has 0 saturated carbocycles. The lowest BCUT2D eigenvalue weighted by Gasteiger charge is -2.39. The van der Waals surface area contributed by atoms with E-state index < -0.39 is 0 Å². The van der Waals surface area contributed by atoms with Gasteiger partial charge in [-0.1, -0.05) is 5.21 Å². The first-order chi connectivity index (χ1) is 13.0. The summed E-state index contributed by atoms with van der Waals surface area (Å²) in [5.74, 6) is 0.972. The summed E-state index contributed by atoms with van der Waals surface area (Å²) in [6.07, 6.45) is 3.42. The Labute approximate surface area is 157 Å². The van der Waals surface area contributed by atoms with Crippen LogP contribution in [0.1, 0.15) is 40.5 Å². The number of likely N-dealkylation sites (tertiary alicyclic amines) is 2. The number of nitrogens with zero attached hydrogens (tertiary/aromatic N) is 5. The number of aromatic nitrogens is 3. The van der Waals surface area contributed by atoms with Gasteiger partial charge >= 0.3 is 0 Å². The van der Waals surface area contributed by atoms with Crippen LogP contribution in [-0.2, 0) is 11.3 Å². The van der Waals surface area contributed by atoms with Crippen LogP contribution in [0, 0.1) is 6.92 Å². The third kappa shape index (κ3) is 3.39. The van der Waals surface area contributed by atoms with E-state index >= 15 is 0 Å². The molecular weight excluding hydrogens is 346 g/mol. The lowest BCUT2D eigenvalue weighted by Crippen LogP contribution is -2.50. The Hall–Kier alpha value is -2.90. The van der Waals surface area contributed by atoms with Crippen molar-refractivity contribution in [2.24, 2.45) is 0 Å². The molecule has 2 amide bonds. The van der Waals surface area contributed by atoms with Crippen LogP contribution < -0.4 is 4.74 Å². The summed E-state index contributed by atoms with van der Waals surface area (Å²) < 4.78 is 7.05. The second kappa shape index (κ2) is 7.02. The SMILES string of the molecule is COc1ccc(C(=O)N2CC(n3cc(CN4CCCC4=O)nn3)C2)cc1C. The summed E-state index contributed by atoms with van der Waals surface area (Å²) in [5, 5.41) is 8.36. The molecule has 0 aliphatic carbocycles. The number of aryl methyl sites for hydroxylation is 1. The predicted octanol–water partition coefficient (Wildman–Crippen LogP) is 1.41. The summed E-state index contributed by atoms with van der Waals surface area (Å²) in [7, 11) is 1.62. The van der Waals surface area contributed by atoms with Gasteiger partial charge in [-0.25, -0.2) is 4.68 Å². The van der Waals surface area contributed by atoms with Gasteiger partial charge in [0.1, 0.15) is 11.4 Å². The highest BCUT2D eigenvalue weighted by Gasteiger charge is 2.33. The zero-order valence-corrected chi connectivity index (χ0v) is 15.6. The molecular formula is C19H23N5O3. The third-order valence-electron chi connectivity index (χ3n) is 5.25. The maximum absolute atomic E-state index is 12.6. The van der Waals surface area contributed by atoms with Crippen LogP contribution in [0.3, 0.4) is 0 Å². The van der Waals surface area contributed by atoms with E-state index in [1.807, 2.05) is 30.2 Å². The summed E-state index contributed by atoms with van der Waals surface area (Å²) in [6, 6.07) is 5.60. The van der Waals surface area contributed by atoms with Gasteiger partial charge in [-0.05, 0) is 37.1 Å². The Morgan fingerprint density at radius 3 is 2.81 bits per heavy atom. The molecule has 0 N–H and O–H groups in total. The molecule has 1 aromatic heterocycles. The molecule has 8 nitrogen and oxygen atoms in total. The van der Waals surface area contributed by atoms with Gasteiger partial charge in [0.15, 0.2) is 0 Å². The molecule has 142 valence electrons. The van der Waals surface area contributed by atoms with E-state index in [4.69, 9.17) is 4.74 Å². The van der Waals surface area contributed by atoms with Crippen molar-refractivity contribution >= 4 is 11.8 Å². The second-order valence-electron chi connectivity index (χ2n) is 7.16. The largest absolute Gasteiger partial charge is 0.496 e. The minimum absolute atomic E-state index is 0.0139. The third-order valence-corrected chi connectivity index (χ3v) is 5.25. The van der Waals surface area contributed by atoms with Gasteiger partial charge < -0.3 is 14.5 Å². The number of rotatable bonds is 5. The molecule has 0 spiro atoms. The van der Waals surface area contributed by atoms with Gasteiger partial charge in [0.25, 0.3) is 5.91 Å². The van der Waals surface area contributed by atoms with Gasteiger partial charge in [0, 0.05) is 31.6 Å². The fourth-order valence-corrected chi connectivity index (χ4v) is 3.61. The molecule has 2 aliphatic rings. The number of benzene rings is 1. The molecule has 8 heteroatoms. The maximum Gasteiger partial charge on any atom is 0.254 e. The van der Waals surface area contributed by atoms with Crippen molar-refractivity contribution in [1.29, 1.82) is 0 Å². The number of ether oxygens (including phenoxy) is 1. The van der Waals surface area contributed by atoms with Gasteiger partial charge in [0.2, 0.25) is 5.91 Å². The predicted molar refractivity (Wildman–Crippen MR) is 97.3 cm³/mol. The van der Waals surface area contributed by atoms with E-state index in [9.17, 15) is 9.59 Å². The van der Waals surface area contributed by atoms with Gasteiger partial charge in [-0.3, -0.25) is 9.59 Å². The van der Waals surface area contributed by atoms with Crippen molar-refractivity contribution in [3.05, 3.63) is 41.2 Å². The summed E-state index contributed by atoms with van der Waals surface area (Å²) >= 11 is 0. The average molecular weight is 369 g/mol. The number of hydrogen-bond acceptors (Lipinski definition) is 5. The standard InChI is InChI=1S/C19H23N5O3/c1-13-8-14(5-6-17(13)27-2)19(26)23-11-16(12-23)24-10-15(20-21-24)9-22-7-3-4-18(22)25/h5-6,8,10,16H,3-4,7,9,11-12H2,1-2H3. The molecule has 0 bridgehead atoms. The molecule has 1 aromatic carbocycles. The van der Waals surface area contributed by atoms with Crippen molar-refractivity contribution in [2.45, 2.75) is 32.4 Å². The van der Waals surface area contributed by atoms with E-state index in [0.717, 1.165) is 30.0 Å². The minimum Gasteiger partial charge on any atom is -0.496 e. The summed E-state index contributed by atoms with van der Waals surface area (Å²) in [6.45, 7) is 4.44. The van der Waals surface area contributed by atoms with Crippen LogP contribution in [-0.4, -0.2) is 63.4 Å². The normalized spacial score (nSPS) is 17.3. The van der Waals surface area contributed by atoms with E-state index in [0.29, 0.717) is 31.6 Å². The minimum atomic E-state index is 0.0139. The first-order valence-corrected chi connectivity index (χ1v) is 9.17. The van der Waals surface area contributed by atoms with Crippen molar-refractivity contribution in [1.82, 2.24) is 24.8 Å². The van der Waals surface area contributed by atoms with Gasteiger partial charge in [-0.2, -0.15) is 0 Å². The van der Waals surface area contributed by atoms with Crippen LogP contribution in [0.5, 0.6) is 5.75 Å². The molecule has 0 atom stereocenters. The molecule has 2 fully saturated rings. The zero-order chi connectivity index (χ0) is 19.0. The maximum atomic E-state index is 12.6. The molecule has 2 saturated heterocycles. The lowest BCUT2D eigenvalue weighted by molar-refractivity contribution is -0.128. The molecule has 3 heterocycles. The highest BCUT2D eigenvalue weighted by molar-refractivity contribution is 5.95. The lowest BCUT2D eigenvalue weighted by atomic mass is 10.0. The Morgan fingerprint density at radius 2 is 2.15 bits per heavy atom. The summed E-state index contributed by atoms with van der Waals surface area (Å²) in [4.78, 5) is 28.0. The Bertz CT molecular complexity index is 872. The fraction of sp³-hybridized carbons (Fsp3) is 0.474. The highest BCUT2D eigenvalue weighted by atomic mass is 16.5. The number of hydrogen-bond donors (Lipinski definition) is 0. The molecule has 2 aromatic rings. The monoisotopic (exact) mass is 369 g/mol. The Morgan fingerprint density at radius 1 is 1.33 bits per heavy atom. The Kier molecular flexibility index (Phi) is 4.55. The quantitative estimate of drug-likeness (QED) is 0.796. The van der Waals surface area contributed by atoms with E-state index in [2.05, 4.69) is 10.3 Å². The molecule has 2 aliphatic heterocycles. The fourth-order valence-electron chi connectivity index (χ4n) is 3.61. The summed E-state index contributed by atoms with van der Waals surface area (Å²) in [5.41, 5.74) is 2.40. The first-order valence-electron chi connectivity index (χ1n) is 9.17. The van der Waals surface area contributed by atoms with Crippen LogP contribution in [0.4, 0.5) is 0 Å². The van der Waals surface area contributed by atoms with Crippen molar-refractivity contribution in [3.63, 3.8) is 0 Å². The van der Waals surface area contributed by atoms with Crippen molar-refractivity contribution < 1.29 is 14.3 Å². The smallest absolute Gasteiger partial charge is 0.254 e. The number of carbonyl (C=O) groups excluding carboxylic acids is 2. The van der Waals surface area contributed by atoms with Crippen molar-refractivity contribution in [3.8, 4) is 5.75 Å². The topological polar surface area (TPSA) is 80.6 Å². The number of carbonyl (C=O) groups is 2. The van der Waals surface area contributed by atoms with E-state index in [-0.39, 0.29) is 17.9 Å². The molecule has 4 rings (SSSR count). The number of methoxy groups -OCH3 is 1. The first kappa shape index (κ1) is 17.5. The van der Waals surface area contributed by atoms with Crippen LogP contribution in [0.25, 0.3) is 0 Å². The van der Waals surface area contributed by atoms with Crippen LogP contribution in [0.15, 0.2) is 24.4 Å². The second-order valence-corrected chi connectivity index (χ2v) is 7.16. The van der Waals surface area contributed by atoms with Crippen LogP contribution >= 0.6 is 0 Å². The van der Waals surface area contributed by atoms with E-state index in [1.54, 1.807) is 22.8 Å². The molecule has 27 heavy (non-hydrogen) atoms. The van der Waals surface area contributed by atoms with Crippen molar-refractivity contribution in [2.75, 3.05) is 26.7 Å². The van der Waals surface area contributed by atoms with Gasteiger partial charge in [-0.15, -0.1) is 5.10 Å². The zero-order valence-electron chi connectivity index (χ0n) is 15.6. The average Bonchev–Trinajstić information content (AvgIpc) is 3.23. The van der Waals surface area contributed by atoms with Crippen LogP contribution in [0.2, 0.25) is 0 Å². The molecule has 0 radical (unpaired) electrons. The Balaban J connectivity index is 1.34. The van der Waals surface area contributed by atoms with E-state index in [1.165, 1.54) is 0 Å². The van der Waals surface area contributed by atoms with Gasteiger partial charge in [0.05, 0.1) is 25.9 Å².